The molecule has 0 aliphatic heterocycles. The molecular formula is C16H21N3OS. The van der Waals surface area contributed by atoms with E-state index < -0.39 is 0 Å². The van der Waals surface area contributed by atoms with Crippen LogP contribution in [0.25, 0.3) is 0 Å². The number of carbonyl (C=O) groups excluding carboxylic acids is 1. The van der Waals surface area contributed by atoms with Gasteiger partial charge >= 0.3 is 0 Å². The van der Waals surface area contributed by atoms with Crippen LogP contribution in [-0.2, 0) is 6.42 Å². The number of benzene rings is 1. The zero-order valence-corrected chi connectivity index (χ0v) is 13.4. The molecule has 0 radical (unpaired) electrons. The number of amides is 1. The third kappa shape index (κ3) is 3.62. The Kier molecular flexibility index (Phi) is 4.98. The molecule has 0 aliphatic rings. The minimum absolute atomic E-state index is 0.0331. The van der Waals surface area contributed by atoms with E-state index in [1.54, 1.807) is 22.3 Å². The van der Waals surface area contributed by atoms with Crippen molar-refractivity contribution in [3.05, 3.63) is 51.7 Å². The zero-order valence-electron chi connectivity index (χ0n) is 12.6. The van der Waals surface area contributed by atoms with Gasteiger partial charge in [-0.1, -0.05) is 6.07 Å². The van der Waals surface area contributed by atoms with Crippen molar-refractivity contribution in [2.24, 2.45) is 5.84 Å². The highest BCUT2D eigenvalue weighted by Crippen LogP contribution is 2.18. The Labute approximate surface area is 129 Å². The highest BCUT2D eigenvalue weighted by atomic mass is 32.1. The summed E-state index contributed by atoms with van der Waals surface area (Å²) in [6, 6.07) is 9.80. The maximum absolute atomic E-state index is 12.5. The second-order valence-electron chi connectivity index (χ2n) is 5.22. The molecular weight excluding hydrogens is 282 g/mol. The number of nitrogens with zero attached hydrogens (tertiary/aromatic N) is 1. The van der Waals surface area contributed by atoms with Gasteiger partial charge in [-0.3, -0.25) is 10.6 Å². The summed E-state index contributed by atoms with van der Waals surface area (Å²) >= 11 is 1.72. The second-order valence-corrected chi connectivity index (χ2v) is 6.25. The number of nitrogens with two attached hydrogens (primary N) is 1. The highest BCUT2D eigenvalue weighted by molar-refractivity contribution is 7.09. The van der Waals surface area contributed by atoms with Crippen molar-refractivity contribution in [2.45, 2.75) is 26.3 Å². The number of anilines is 1. The quantitative estimate of drug-likeness (QED) is 0.659. The molecule has 0 bridgehead atoms. The van der Waals surface area contributed by atoms with Crippen LogP contribution in [0.2, 0.25) is 0 Å². The Balaban J connectivity index is 2.09. The first-order chi connectivity index (χ1) is 10.0. The lowest BCUT2D eigenvalue weighted by Gasteiger charge is -2.25. The molecule has 1 amide bonds. The molecule has 112 valence electrons. The first-order valence-corrected chi connectivity index (χ1v) is 7.77. The lowest BCUT2D eigenvalue weighted by molar-refractivity contribution is 0.0744. The number of aryl methyl sites for hydroxylation is 1. The fourth-order valence-electron chi connectivity index (χ4n) is 2.22. The molecule has 1 aromatic heterocycles. The first kappa shape index (κ1) is 15.5. The summed E-state index contributed by atoms with van der Waals surface area (Å²) in [4.78, 5) is 15.6. The van der Waals surface area contributed by atoms with Gasteiger partial charge in [0.05, 0.1) is 5.69 Å². The van der Waals surface area contributed by atoms with Gasteiger partial charge in [0, 0.05) is 30.0 Å². The summed E-state index contributed by atoms with van der Waals surface area (Å²) in [6.07, 6.45) is 0.876. The molecule has 0 fully saturated rings. The Hall–Kier alpha value is -1.85. The number of thiophene rings is 1. The predicted octanol–water partition coefficient (Wildman–Crippen LogP) is 3.05. The van der Waals surface area contributed by atoms with E-state index in [4.69, 9.17) is 5.84 Å². The van der Waals surface area contributed by atoms with E-state index in [9.17, 15) is 4.79 Å². The molecule has 0 saturated carbocycles. The van der Waals surface area contributed by atoms with Crippen molar-refractivity contribution < 1.29 is 4.79 Å². The monoisotopic (exact) mass is 303 g/mol. The molecule has 1 unspecified atom stereocenters. The fraction of sp³-hybridized carbons (Fsp3) is 0.312. The molecule has 2 rings (SSSR count). The summed E-state index contributed by atoms with van der Waals surface area (Å²) in [6.45, 7) is 4.00. The zero-order chi connectivity index (χ0) is 15.4. The van der Waals surface area contributed by atoms with Gasteiger partial charge in [-0.25, -0.2) is 0 Å². The predicted molar refractivity (Wildman–Crippen MR) is 88.6 cm³/mol. The molecule has 0 spiro atoms. The number of hydrogen-bond donors (Lipinski definition) is 2. The van der Waals surface area contributed by atoms with Gasteiger partial charge in [0.25, 0.3) is 5.91 Å². The van der Waals surface area contributed by atoms with Gasteiger partial charge in [0.2, 0.25) is 0 Å². The maximum atomic E-state index is 12.5. The number of hydrogen-bond acceptors (Lipinski definition) is 4. The smallest absolute Gasteiger partial charge is 0.253 e. The van der Waals surface area contributed by atoms with E-state index >= 15 is 0 Å². The van der Waals surface area contributed by atoms with Gasteiger partial charge in [-0.15, -0.1) is 11.3 Å². The van der Waals surface area contributed by atoms with Gasteiger partial charge in [0.15, 0.2) is 0 Å². The molecule has 2 aromatic rings. The van der Waals surface area contributed by atoms with E-state index in [0.29, 0.717) is 5.56 Å². The topological polar surface area (TPSA) is 58.4 Å². The molecule has 1 atom stereocenters. The number of likely N-dealkylation sites (N-methyl/N-ethyl adjacent to an activating group) is 1. The van der Waals surface area contributed by atoms with Crippen LogP contribution in [0.3, 0.4) is 0 Å². The van der Waals surface area contributed by atoms with Crippen LogP contribution in [0.15, 0.2) is 35.7 Å². The van der Waals surface area contributed by atoms with Crippen LogP contribution < -0.4 is 11.3 Å². The maximum Gasteiger partial charge on any atom is 0.253 e. The van der Waals surface area contributed by atoms with E-state index in [0.717, 1.165) is 17.7 Å². The van der Waals surface area contributed by atoms with Crippen molar-refractivity contribution in [1.82, 2.24) is 4.90 Å². The number of nitrogens with one attached hydrogen (secondary N) is 1. The minimum Gasteiger partial charge on any atom is -0.339 e. The van der Waals surface area contributed by atoms with Crippen LogP contribution in [0.1, 0.15) is 27.7 Å². The lowest BCUT2D eigenvalue weighted by atomic mass is 10.1. The van der Waals surface area contributed by atoms with E-state index in [1.807, 2.05) is 32.2 Å². The summed E-state index contributed by atoms with van der Waals surface area (Å²) in [7, 11) is 1.85. The third-order valence-corrected chi connectivity index (χ3v) is 4.59. The molecule has 0 saturated heterocycles. The van der Waals surface area contributed by atoms with Crippen LogP contribution >= 0.6 is 11.3 Å². The molecule has 5 heteroatoms. The van der Waals surface area contributed by atoms with Crippen molar-refractivity contribution >= 4 is 22.9 Å². The molecule has 21 heavy (non-hydrogen) atoms. The van der Waals surface area contributed by atoms with Gasteiger partial charge in [0.1, 0.15) is 0 Å². The molecule has 1 aromatic carbocycles. The van der Waals surface area contributed by atoms with Crippen molar-refractivity contribution in [2.75, 3.05) is 12.5 Å². The van der Waals surface area contributed by atoms with Gasteiger partial charge in [-0.2, -0.15) is 0 Å². The Morgan fingerprint density at radius 1 is 1.43 bits per heavy atom. The Bertz CT molecular complexity index is 610. The molecule has 0 aliphatic carbocycles. The number of carbonyl (C=O) groups is 1. The largest absolute Gasteiger partial charge is 0.339 e. The Morgan fingerprint density at radius 2 is 2.19 bits per heavy atom. The second kappa shape index (κ2) is 6.74. The van der Waals surface area contributed by atoms with Crippen molar-refractivity contribution in [1.29, 1.82) is 0 Å². The third-order valence-electron chi connectivity index (χ3n) is 3.69. The summed E-state index contributed by atoms with van der Waals surface area (Å²) in [5.41, 5.74) is 5.10. The molecule has 4 nitrogen and oxygen atoms in total. The number of nitrogen functional groups attached to an aromatic ring is 1. The van der Waals surface area contributed by atoms with Crippen molar-refractivity contribution in [3.8, 4) is 0 Å². The van der Waals surface area contributed by atoms with Crippen molar-refractivity contribution in [3.63, 3.8) is 0 Å². The van der Waals surface area contributed by atoms with E-state index in [2.05, 4.69) is 23.8 Å². The lowest BCUT2D eigenvalue weighted by Crippen LogP contribution is -2.36. The van der Waals surface area contributed by atoms with Crippen LogP contribution in [0.5, 0.6) is 0 Å². The van der Waals surface area contributed by atoms with Gasteiger partial charge < -0.3 is 10.3 Å². The number of hydrazine groups is 1. The van der Waals surface area contributed by atoms with Gasteiger partial charge in [-0.05, 0) is 49.1 Å². The first-order valence-electron chi connectivity index (χ1n) is 6.89. The standard InChI is InChI=1S/C16H21N3OS/c1-11-9-13(6-7-15(11)18-17)16(20)19(3)12(2)10-14-5-4-8-21-14/h4-9,12,18H,10,17H2,1-3H3. The molecule has 3 N–H and O–H groups in total. The minimum atomic E-state index is 0.0331. The number of rotatable bonds is 5. The molecule has 1 heterocycles. The highest BCUT2D eigenvalue weighted by Gasteiger charge is 2.18. The fourth-order valence-corrected chi connectivity index (χ4v) is 3.05. The average Bonchev–Trinajstić information content (AvgIpc) is 2.98. The Morgan fingerprint density at radius 3 is 2.76 bits per heavy atom. The van der Waals surface area contributed by atoms with Crippen LogP contribution in [-0.4, -0.2) is 23.9 Å². The van der Waals surface area contributed by atoms with Crippen LogP contribution in [0.4, 0.5) is 5.69 Å². The van der Waals surface area contributed by atoms with E-state index in [-0.39, 0.29) is 11.9 Å². The average molecular weight is 303 g/mol. The summed E-state index contributed by atoms with van der Waals surface area (Å²) in [5, 5.41) is 2.06. The normalized spacial score (nSPS) is 12.0. The SMILES string of the molecule is Cc1cc(C(=O)N(C)C(C)Cc2cccs2)ccc1NN. The van der Waals surface area contributed by atoms with Crippen LogP contribution in [0, 0.1) is 6.92 Å². The van der Waals surface area contributed by atoms with E-state index in [1.165, 1.54) is 4.88 Å². The summed E-state index contributed by atoms with van der Waals surface area (Å²) in [5.74, 6) is 5.45. The summed E-state index contributed by atoms with van der Waals surface area (Å²) < 4.78 is 0.